The van der Waals surface area contributed by atoms with Crippen LogP contribution in [-0.2, 0) is 10.0 Å². The SMILES string of the molecule is Cc1cc(C)c(C)c(S(=O)(=O)Nc2ccc(Cl)c(OC3CCN(C)C3)c2)c1C. The van der Waals surface area contributed by atoms with Crippen LogP contribution in [0.2, 0.25) is 5.02 Å². The largest absolute Gasteiger partial charge is 0.487 e. The molecule has 1 N–H and O–H groups in total. The summed E-state index contributed by atoms with van der Waals surface area (Å²) < 4.78 is 35.0. The summed E-state index contributed by atoms with van der Waals surface area (Å²) in [4.78, 5) is 2.52. The number of hydrogen-bond acceptors (Lipinski definition) is 4. The van der Waals surface area contributed by atoms with Gasteiger partial charge in [-0.1, -0.05) is 17.7 Å². The first kappa shape index (κ1) is 21.0. The number of likely N-dealkylation sites (N-methyl/N-ethyl adjacent to an activating group) is 1. The molecule has 0 spiro atoms. The molecule has 0 bridgehead atoms. The third-order valence-corrected chi connectivity index (χ3v) is 7.36. The molecule has 7 heteroatoms. The van der Waals surface area contributed by atoms with Crippen molar-refractivity contribution >= 4 is 27.3 Å². The van der Waals surface area contributed by atoms with Crippen LogP contribution in [0.15, 0.2) is 29.2 Å². The van der Waals surface area contributed by atoms with Gasteiger partial charge in [0.25, 0.3) is 10.0 Å². The first-order valence-corrected chi connectivity index (χ1v) is 11.2. The Kier molecular flexibility index (Phi) is 5.94. The minimum atomic E-state index is -3.74. The van der Waals surface area contributed by atoms with Crippen molar-refractivity contribution in [1.82, 2.24) is 4.90 Å². The smallest absolute Gasteiger partial charge is 0.262 e. The van der Waals surface area contributed by atoms with E-state index in [1.165, 1.54) is 0 Å². The normalized spacial score (nSPS) is 17.7. The van der Waals surface area contributed by atoms with Crippen LogP contribution in [-0.4, -0.2) is 39.6 Å². The second-order valence-corrected chi connectivity index (χ2v) is 9.66. The predicted octanol–water partition coefficient (Wildman–Crippen LogP) is 4.46. The van der Waals surface area contributed by atoms with Crippen molar-refractivity contribution in [3.8, 4) is 5.75 Å². The molecule has 28 heavy (non-hydrogen) atoms. The number of benzene rings is 2. The van der Waals surface area contributed by atoms with Crippen molar-refractivity contribution in [2.75, 3.05) is 24.9 Å². The van der Waals surface area contributed by atoms with Gasteiger partial charge in [0.15, 0.2) is 0 Å². The van der Waals surface area contributed by atoms with Gasteiger partial charge in [-0.05, 0) is 75.5 Å². The Labute approximate surface area is 172 Å². The molecule has 2 aromatic carbocycles. The molecule has 0 aromatic heterocycles. The molecule has 0 aliphatic carbocycles. The molecule has 0 radical (unpaired) electrons. The second-order valence-electron chi connectivity index (χ2n) is 7.63. The predicted molar refractivity (Wildman–Crippen MR) is 114 cm³/mol. The first-order valence-electron chi connectivity index (χ1n) is 9.33. The van der Waals surface area contributed by atoms with Crippen molar-refractivity contribution in [3.05, 3.63) is 51.5 Å². The average molecular weight is 423 g/mol. The lowest BCUT2D eigenvalue weighted by Crippen LogP contribution is -2.21. The summed E-state index contributed by atoms with van der Waals surface area (Å²) >= 11 is 6.28. The summed E-state index contributed by atoms with van der Waals surface area (Å²) in [6, 6.07) is 6.98. The number of nitrogens with zero attached hydrogens (tertiary/aromatic N) is 1. The van der Waals surface area contributed by atoms with Gasteiger partial charge >= 0.3 is 0 Å². The van der Waals surface area contributed by atoms with E-state index in [2.05, 4.69) is 9.62 Å². The lowest BCUT2D eigenvalue weighted by Gasteiger charge is -2.18. The van der Waals surface area contributed by atoms with E-state index in [-0.39, 0.29) is 6.10 Å². The van der Waals surface area contributed by atoms with E-state index in [1.807, 2.05) is 40.8 Å². The Morgan fingerprint density at radius 1 is 1.11 bits per heavy atom. The molecule has 1 saturated heterocycles. The van der Waals surface area contributed by atoms with Gasteiger partial charge in [-0.25, -0.2) is 8.42 Å². The van der Waals surface area contributed by atoms with Crippen molar-refractivity contribution in [2.24, 2.45) is 0 Å². The molecule has 152 valence electrons. The Bertz CT molecular complexity index is 979. The summed E-state index contributed by atoms with van der Waals surface area (Å²) in [5, 5.41) is 0.469. The Balaban J connectivity index is 1.90. The Morgan fingerprint density at radius 3 is 2.32 bits per heavy atom. The molecule has 0 amide bonds. The second kappa shape index (κ2) is 7.93. The molecule has 2 aromatic rings. The highest BCUT2D eigenvalue weighted by molar-refractivity contribution is 7.92. The molecule has 0 saturated carbocycles. The van der Waals surface area contributed by atoms with Gasteiger partial charge < -0.3 is 9.64 Å². The van der Waals surface area contributed by atoms with Gasteiger partial charge in [0, 0.05) is 19.2 Å². The van der Waals surface area contributed by atoms with E-state index in [4.69, 9.17) is 16.3 Å². The van der Waals surface area contributed by atoms with Crippen LogP contribution in [0, 0.1) is 27.7 Å². The zero-order valence-electron chi connectivity index (χ0n) is 17.0. The standard InChI is InChI=1S/C21H27ClN2O3S/c1-13-10-14(2)16(4)21(15(13)3)28(25,26)23-17-6-7-19(22)20(11-17)27-18-8-9-24(5)12-18/h6-7,10-11,18,23H,8-9,12H2,1-5H3. The highest BCUT2D eigenvalue weighted by Gasteiger charge is 2.24. The number of rotatable bonds is 5. The van der Waals surface area contributed by atoms with Crippen LogP contribution in [0.1, 0.15) is 28.7 Å². The number of ether oxygens (including phenoxy) is 1. The zero-order valence-corrected chi connectivity index (χ0v) is 18.5. The number of nitrogens with one attached hydrogen (secondary N) is 1. The highest BCUT2D eigenvalue weighted by Crippen LogP contribution is 2.32. The fourth-order valence-corrected chi connectivity index (χ4v) is 5.45. The fraction of sp³-hybridized carbons (Fsp3) is 0.429. The molecular formula is C21H27ClN2O3S. The van der Waals surface area contributed by atoms with E-state index in [0.717, 1.165) is 41.8 Å². The van der Waals surface area contributed by atoms with Crippen LogP contribution >= 0.6 is 11.6 Å². The summed E-state index contributed by atoms with van der Waals surface area (Å²) in [6.07, 6.45) is 0.974. The summed E-state index contributed by atoms with van der Waals surface area (Å²) in [7, 11) is -1.70. The van der Waals surface area contributed by atoms with Crippen molar-refractivity contribution in [2.45, 2.75) is 45.1 Å². The highest BCUT2D eigenvalue weighted by atomic mass is 35.5. The van der Waals surface area contributed by atoms with Gasteiger partial charge in [0.1, 0.15) is 11.9 Å². The quantitative estimate of drug-likeness (QED) is 0.772. The maximum absolute atomic E-state index is 13.1. The molecule has 1 atom stereocenters. The number of anilines is 1. The Hall–Kier alpha value is -1.76. The molecule has 1 fully saturated rings. The summed E-state index contributed by atoms with van der Waals surface area (Å²) in [6.45, 7) is 9.32. The van der Waals surface area contributed by atoms with E-state index < -0.39 is 10.0 Å². The van der Waals surface area contributed by atoms with Crippen LogP contribution in [0.4, 0.5) is 5.69 Å². The van der Waals surface area contributed by atoms with Gasteiger partial charge in [0.2, 0.25) is 0 Å². The molecular weight excluding hydrogens is 396 g/mol. The third kappa shape index (κ3) is 4.29. The van der Waals surface area contributed by atoms with Crippen molar-refractivity contribution in [1.29, 1.82) is 0 Å². The van der Waals surface area contributed by atoms with Crippen LogP contribution < -0.4 is 9.46 Å². The maximum atomic E-state index is 13.1. The number of sulfonamides is 1. The van der Waals surface area contributed by atoms with Crippen molar-refractivity contribution < 1.29 is 13.2 Å². The van der Waals surface area contributed by atoms with E-state index in [0.29, 0.717) is 21.4 Å². The molecule has 5 nitrogen and oxygen atoms in total. The molecule has 1 aliphatic heterocycles. The van der Waals surface area contributed by atoms with Crippen molar-refractivity contribution in [3.63, 3.8) is 0 Å². The molecule has 1 unspecified atom stereocenters. The summed E-state index contributed by atoms with van der Waals surface area (Å²) in [5.74, 6) is 0.496. The van der Waals surface area contributed by atoms with E-state index >= 15 is 0 Å². The molecule has 3 rings (SSSR count). The van der Waals surface area contributed by atoms with Crippen LogP contribution in [0.5, 0.6) is 5.75 Å². The number of aryl methyl sites for hydroxylation is 2. The monoisotopic (exact) mass is 422 g/mol. The minimum absolute atomic E-state index is 0.0540. The van der Waals surface area contributed by atoms with Crippen LogP contribution in [0.3, 0.4) is 0 Å². The third-order valence-electron chi connectivity index (χ3n) is 5.39. The van der Waals surface area contributed by atoms with Gasteiger partial charge in [-0.15, -0.1) is 0 Å². The lowest BCUT2D eigenvalue weighted by atomic mass is 10.0. The topological polar surface area (TPSA) is 58.6 Å². The zero-order chi connectivity index (χ0) is 20.6. The Morgan fingerprint density at radius 2 is 1.75 bits per heavy atom. The number of halogens is 1. The average Bonchev–Trinajstić information content (AvgIpc) is 3.01. The van der Waals surface area contributed by atoms with Gasteiger partial charge in [0.05, 0.1) is 15.6 Å². The lowest BCUT2D eigenvalue weighted by molar-refractivity contribution is 0.208. The van der Waals surface area contributed by atoms with Gasteiger partial charge in [-0.3, -0.25) is 4.72 Å². The number of hydrogen-bond donors (Lipinski definition) is 1. The van der Waals surface area contributed by atoms with Crippen LogP contribution in [0.25, 0.3) is 0 Å². The first-order chi connectivity index (χ1) is 13.1. The molecule has 1 heterocycles. The molecule has 1 aliphatic rings. The maximum Gasteiger partial charge on any atom is 0.262 e. The van der Waals surface area contributed by atoms with E-state index in [9.17, 15) is 8.42 Å². The number of likely N-dealkylation sites (tertiary alicyclic amines) is 1. The summed E-state index contributed by atoms with van der Waals surface area (Å²) in [5.41, 5.74) is 3.86. The minimum Gasteiger partial charge on any atom is -0.487 e. The van der Waals surface area contributed by atoms with E-state index in [1.54, 1.807) is 18.2 Å². The fourth-order valence-electron chi connectivity index (χ4n) is 3.62. The van der Waals surface area contributed by atoms with Gasteiger partial charge in [-0.2, -0.15) is 0 Å².